The predicted octanol–water partition coefficient (Wildman–Crippen LogP) is 4.03. The van der Waals surface area contributed by atoms with Gasteiger partial charge in [0.05, 0.1) is 27.9 Å². The first-order valence-corrected chi connectivity index (χ1v) is 11.2. The molecule has 0 spiro atoms. The number of halogens is 3. The highest BCUT2D eigenvalue weighted by molar-refractivity contribution is 7.89. The second-order valence-electron chi connectivity index (χ2n) is 7.10. The number of hydrogen-bond donors (Lipinski definition) is 2. The molecule has 0 amide bonds. The maximum absolute atomic E-state index is 13.6. The standard InChI is InChI=1S/C23H16F3N3O4S/c24-23(25,26)19-12-6-7-13-20(19)29-21(30)17-11-5-4-10-16(17)18(22(29)31)14-27-28-34(32,33)15-8-2-1-3-9-15/h1-14,28,31H. The minimum absolute atomic E-state index is 0.00430. The fourth-order valence-corrected chi connectivity index (χ4v) is 4.25. The van der Waals surface area contributed by atoms with E-state index in [1.807, 2.05) is 4.83 Å². The van der Waals surface area contributed by atoms with E-state index in [9.17, 15) is 31.5 Å². The molecule has 1 heterocycles. The summed E-state index contributed by atoms with van der Waals surface area (Å²) in [7, 11) is -4.04. The predicted molar refractivity (Wildman–Crippen MR) is 121 cm³/mol. The van der Waals surface area contributed by atoms with Gasteiger partial charge in [0.25, 0.3) is 15.6 Å². The van der Waals surface area contributed by atoms with E-state index in [1.54, 1.807) is 12.1 Å². The van der Waals surface area contributed by atoms with Gasteiger partial charge in [-0.05, 0) is 30.3 Å². The lowest BCUT2D eigenvalue weighted by atomic mass is 10.1. The third kappa shape index (κ3) is 4.25. The number of sulfonamides is 1. The lowest BCUT2D eigenvalue weighted by molar-refractivity contribution is -0.137. The molecule has 1 aromatic heterocycles. The van der Waals surface area contributed by atoms with Gasteiger partial charge < -0.3 is 5.11 Å². The summed E-state index contributed by atoms with van der Waals surface area (Å²) in [5, 5.41) is 14.7. The third-order valence-electron chi connectivity index (χ3n) is 4.97. The average molecular weight is 487 g/mol. The van der Waals surface area contributed by atoms with Crippen LogP contribution in [0.3, 0.4) is 0 Å². The van der Waals surface area contributed by atoms with Crippen LogP contribution in [0.4, 0.5) is 13.2 Å². The smallest absolute Gasteiger partial charge is 0.418 e. The molecule has 11 heteroatoms. The normalized spacial score (nSPS) is 12.3. The lowest BCUT2D eigenvalue weighted by Gasteiger charge is -2.18. The number of nitrogens with zero attached hydrogens (tertiary/aromatic N) is 2. The molecule has 3 aromatic carbocycles. The van der Waals surface area contributed by atoms with Gasteiger partial charge in [-0.3, -0.25) is 4.79 Å². The van der Waals surface area contributed by atoms with Crippen molar-refractivity contribution in [2.24, 2.45) is 5.10 Å². The van der Waals surface area contributed by atoms with Crippen LogP contribution in [0.15, 0.2) is 93.7 Å². The second-order valence-corrected chi connectivity index (χ2v) is 8.77. The first kappa shape index (κ1) is 23.1. The Balaban J connectivity index is 1.90. The number of rotatable bonds is 5. The highest BCUT2D eigenvalue weighted by atomic mass is 32.2. The van der Waals surface area contributed by atoms with Gasteiger partial charge in [-0.2, -0.15) is 26.7 Å². The molecule has 0 aliphatic heterocycles. The van der Waals surface area contributed by atoms with Crippen LogP contribution in [-0.2, 0) is 16.2 Å². The molecule has 34 heavy (non-hydrogen) atoms. The van der Waals surface area contributed by atoms with E-state index in [2.05, 4.69) is 5.10 Å². The first-order valence-electron chi connectivity index (χ1n) is 9.74. The number of benzene rings is 3. The number of para-hydroxylation sites is 1. The number of alkyl halides is 3. The zero-order chi connectivity index (χ0) is 24.5. The molecule has 0 saturated heterocycles. The summed E-state index contributed by atoms with van der Waals surface area (Å²) in [6, 6.07) is 17.6. The Bertz CT molecular complexity index is 1560. The first-order chi connectivity index (χ1) is 16.1. The summed E-state index contributed by atoms with van der Waals surface area (Å²) in [6.07, 6.45) is -3.86. The van der Waals surface area contributed by atoms with Gasteiger partial charge in [-0.1, -0.05) is 48.5 Å². The molecule has 0 radical (unpaired) electrons. The molecule has 0 unspecified atom stereocenters. The Hall–Kier alpha value is -4.12. The number of nitrogens with one attached hydrogen (secondary N) is 1. The fourth-order valence-electron chi connectivity index (χ4n) is 3.43. The van der Waals surface area contributed by atoms with E-state index < -0.39 is 38.9 Å². The van der Waals surface area contributed by atoms with Gasteiger partial charge in [-0.25, -0.2) is 9.40 Å². The van der Waals surface area contributed by atoms with Crippen LogP contribution in [0.25, 0.3) is 16.5 Å². The van der Waals surface area contributed by atoms with Crippen molar-refractivity contribution in [3.05, 3.63) is 100 Å². The molecule has 4 rings (SSSR count). The number of hydrogen-bond acceptors (Lipinski definition) is 5. The number of hydrazone groups is 1. The monoisotopic (exact) mass is 487 g/mol. The van der Waals surface area contributed by atoms with Crippen molar-refractivity contribution in [1.82, 2.24) is 9.40 Å². The molecule has 7 nitrogen and oxygen atoms in total. The molecule has 0 bridgehead atoms. The SMILES string of the molecule is O=c1c2ccccc2c(C=NNS(=O)(=O)c2ccccc2)c(O)n1-c1ccccc1C(F)(F)F. The van der Waals surface area contributed by atoms with Crippen LogP contribution in [0.5, 0.6) is 5.88 Å². The minimum Gasteiger partial charge on any atom is -0.494 e. The summed E-state index contributed by atoms with van der Waals surface area (Å²) in [4.78, 5) is 15.0. The van der Waals surface area contributed by atoms with E-state index >= 15 is 0 Å². The summed E-state index contributed by atoms with van der Waals surface area (Å²) in [5.74, 6) is -0.831. The summed E-state index contributed by atoms with van der Waals surface area (Å²) in [6.45, 7) is 0. The van der Waals surface area contributed by atoms with E-state index in [-0.39, 0.29) is 21.2 Å². The van der Waals surface area contributed by atoms with Crippen LogP contribution in [0, 0.1) is 0 Å². The molecule has 0 atom stereocenters. The Kier molecular flexibility index (Phi) is 5.88. The van der Waals surface area contributed by atoms with Crippen LogP contribution < -0.4 is 10.4 Å². The molecular formula is C23H16F3N3O4S. The zero-order valence-corrected chi connectivity index (χ0v) is 18.0. The van der Waals surface area contributed by atoms with Gasteiger partial charge in [0, 0.05) is 10.8 Å². The lowest BCUT2D eigenvalue weighted by Crippen LogP contribution is -2.23. The largest absolute Gasteiger partial charge is 0.494 e. The fraction of sp³-hybridized carbons (Fsp3) is 0.0435. The number of aromatic hydroxyl groups is 1. The van der Waals surface area contributed by atoms with Crippen LogP contribution >= 0.6 is 0 Å². The van der Waals surface area contributed by atoms with Gasteiger partial charge in [0.2, 0.25) is 5.88 Å². The highest BCUT2D eigenvalue weighted by Gasteiger charge is 2.34. The molecule has 2 N–H and O–H groups in total. The Morgan fingerprint density at radius 1 is 0.882 bits per heavy atom. The van der Waals surface area contributed by atoms with Crippen molar-refractivity contribution in [3.8, 4) is 11.6 Å². The van der Waals surface area contributed by atoms with Crippen molar-refractivity contribution in [2.75, 3.05) is 0 Å². The van der Waals surface area contributed by atoms with Gasteiger partial charge >= 0.3 is 6.18 Å². The topological polar surface area (TPSA) is 101 Å². The average Bonchev–Trinajstić information content (AvgIpc) is 2.81. The van der Waals surface area contributed by atoms with Crippen molar-refractivity contribution < 1.29 is 26.7 Å². The minimum atomic E-state index is -4.80. The van der Waals surface area contributed by atoms with Gasteiger partial charge in [0.1, 0.15) is 0 Å². The van der Waals surface area contributed by atoms with E-state index in [1.165, 1.54) is 48.5 Å². The molecule has 0 aliphatic rings. The Morgan fingerprint density at radius 3 is 2.15 bits per heavy atom. The number of pyridine rings is 1. The summed E-state index contributed by atoms with van der Waals surface area (Å²) < 4.78 is 66.1. The van der Waals surface area contributed by atoms with E-state index in [4.69, 9.17) is 0 Å². The zero-order valence-electron chi connectivity index (χ0n) is 17.2. The summed E-state index contributed by atoms with van der Waals surface area (Å²) in [5.41, 5.74) is -2.74. The van der Waals surface area contributed by atoms with Crippen molar-refractivity contribution in [2.45, 2.75) is 11.1 Å². The van der Waals surface area contributed by atoms with Gasteiger partial charge in [0.15, 0.2) is 0 Å². The van der Waals surface area contributed by atoms with Crippen molar-refractivity contribution in [1.29, 1.82) is 0 Å². The molecule has 0 saturated carbocycles. The number of aromatic nitrogens is 1. The van der Waals surface area contributed by atoms with E-state index in [0.29, 0.717) is 4.57 Å². The third-order valence-corrected chi connectivity index (χ3v) is 6.21. The Labute approximate surface area is 191 Å². The van der Waals surface area contributed by atoms with Gasteiger partial charge in [-0.15, -0.1) is 0 Å². The van der Waals surface area contributed by atoms with Crippen LogP contribution in [0.1, 0.15) is 11.1 Å². The number of fused-ring (bicyclic) bond motifs is 1. The Morgan fingerprint density at radius 2 is 1.47 bits per heavy atom. The molecule has 0 aliphatic carbocycles. The molecular weight excluding hydrogens is 471 g/mol. The van der Waals surface area contributed by atoms with Crippen LogP contribution in [-0.4, -0.2) is 24.3 Å². The highest BCUT2D eigenvalue weighted by Crippen LogP contribution is 2.35. The second kappa shape index (κ2) is 8.67. The quantitative estimate of drug-likeness (QED) is 0.328. The molecule has 0 fully saturated rings. The van der Waals surface area contributed by atoms with Crippen molar-refractivity contribution >= 4 is 27.0 Å². The van der Waals surface area contributed by atoms with Crippen molar-refractivity contribution in [3.63, 3.8) is 0 Å². The maximum atomic E-state index is 13.6. The van der Waals surface area contributed by atoms with E-state index in [0.717, 1.165) is 24.4 Å². The maximum Gasteiger partial charge on any atom is 0.418 e. The summed E-state index contributed by atoms with van der Waals surface area (Å²) >= 11 is 0. The molecule has 174 valence electrons. The van der Waals surface area contributed by atoms with Crippen LogP contribution in [0.2, 0.25) is 0 Å². The molecule has 4 aromatic rings.